The monoisotopic (exact) mass is 373 g/mol. The van der Waals surface area contributed by atoms with Gasteiger partial charge in [-0.05, 0) is 24.8 Å². The Hall–Kier alpha value is -2.35. The smallest absolute Gasteiger partial charge is 0.233 e. The molecule has 1 aliphatic heterocycles. The number of aromatic nitrogens is 3. The molecular weight excluding hydrogens is 350 g/mol. The average molecular weight is 373 g/mol. The number of nitrogens with one attached hydrogen (secondary N) is 1. The predicted octanol–water partition coefficient (Wildman–Crippen LogP) is 1.85. The maximum atomic E-state index is 12.4. The normalized spacial score (nSPS) is 17.3. The van der Waals surface area contributed by atoms with E-state index >= 15 is 0 Å². The first-order valence-corrected chi connectivity index (χ1v) is 9.77. The van der Waals surface area contributed by atoms with Crippen LogP contribution in [0.3, 0.4) is 0 Å². The molecule has 1 saturated heterocycles. The molecule has 1 atom stereocenters. The second kappa shape index (κ2) is 8.35. The van der Waals surface area contributed by atoms with Gasteiger partial charge >= 0.3 is 0 Å². The summed E-state index contributed by atoms with van der Waals surface area (Å²) in [5.74, 6) is 0.355. The van der Waals surface area contributed by atoms with Crippen LogP contribution in [0.1, 0.15) is 25.3 Å². The van der Waals surface area contributed by atoms with Crippen molar-refractivity contribution in [3.05, 3.63) is 29.8 Å². The Morgan fingerprint density at radius 2 is 2.12 bits per heavy atom. The summed E-state index contributed by atoms with van der Waals surface area (Å²) in [6, 6.07) is 8.16. The number of primary amides is 1. The van der Waals surface area contributed by atoms with Crippen LogP contribution in [0.5, 0.6) is 0 Å². The summed E-state index contributed by atoms with van der Waals surface area (Å²) in [6.07, 6.45) is 2.56. The first kappa shape index (κ1) is 18.4. The molecule has 0 unspecified atom stereocenters. The number of nitrogens with two attached hydrogens (primary N) is 1. The van der Waals surface area contributed by atoms with E-state index in [1.54, 1.807) is 4.90 Å². The van der Waals surface area contributed by atoms with Crippen LogP contribution < -0.4 is 5.73 Å². The lowest BCUT2D eigenvalue weighted by atomic mass is 9.97. The van der Waals surface area contributed by atoms with Crippen molar-refractivity contribution in [3.8, 4) is 11.4 Å². The van der Waals surface area contributed by atoms with Gasteiger partial charge in [0.15, 0.2) is 5.82 Å². The SMILES string of the molecule is CCc1ccc(-c2nc(SCC(=O)N3CCC[C@H](C(N)=O)C3)n[nH]2)cc1. The number of rotatable bonds is 6. The number of aryl methyl sites for hydroxylation is 1. The number of carbonyl (C=O) groups is 2. The maximum Gasteiger partial charge on any atom is 0.233 e. The van der Waals surface area contributed by atoms with Crippen LogP contribution in [0.15, 0.2) is 29.4 Å². The Morgan fingerprint density at radius 1 is 1.35 bits per heavy atom. The predicted molar refractivity (Wildman–Crippen MR) is 100 cm³/mol. The molecule has 1 aromatic heterocycles. The Kier molecular flexibility index (Phi) is 5.92. The van der Waals surface area contributed by atoms with Gasteiger partial charge in [-0.25, -0.2) is 4.98 Å². The average Bonchev–Trinajstić information content (AvgIpc) is 3.15. The molecule has 0 aliphatic carbocycles. The third kappa shape index (κ3) is 4.43. The minimum atomic E-state index is -0.331. The molecule has 1 aromatic carbocycles. The molecule has 2 aromatic rings. The summed E-state index contributed by atoms with van der Waals surface area (Å²) in [5.41, 5.74) is 7.60. The summed E-state index contributed by atoms with van der Waals surface area (Å²) in [4.78, 5) is 29.9. The molecule has 0 bridgehead atoms. The second-order valence-electron chi connectivity index (χ2n) is 6.39. The number of piperidine rings is 1. The number of H-pyrrole nitrogens is 1. The first-order chi connectivity index (χ1) is 12.6. The highest BCUT2D eigenvalue weighted by molar-refractivity contribution is 7.99. The fraction of sp³-hybridized carbons (Fsp3) is 0.444. The topological polar surface area (TPSA) is 105 Å². The van der Waals surface area contributed by atoms with Crippen molar-refractivity contribution in [2.75, 3.05) is 18.8 Å². The standard InChI is InChI=1S/C18H23N5O2S/c1-2-12-5-7-13(8-6-12)17-20-18(22-21-17)26-11-15(24)23-9-3-4-14(10-23)16(19)25/h5-8,14H,2-4,9-11H2,1H3,(H2,19,25)(H,20,21,22)/t14-/m0/s1. The van der Waals surface area contributed by atoms with Crippen molar-refractivity contribution in [2.45, 2.75) is 31.3 Å². The highest BCUT2D eigenvalue weighted by atomic mass is 32.2. The third-order valence-electron chi connectivity index (χ3n) is 4.60. The lowest BCUT2D eigenvalue weighted by molar-refractivity contribution is -0.132. The number of amides is 2. The fourth-order valence-electron chi connectivity index (χ4n) is 2.99. The minimum Gasteiger partial charge on any atom is -0.369 e. The minimum absolute atomic E-state index is 0.0143. The maximum absolute atomic E-state index is 12.4. The van der Waals surface area contributed by atoms with Crippen molar-refractivity contribution < 1.29 is 9.59 Å². The van der Waals surface area contributed by atoms with Crippen LogP contribution in [0.25, 0.3) is 11.4 Å². The van der Waals surface area contributed by atoms with Gasteiger partial charge in [0.05, 0.1) is 11.7 Å². The molecule has 3 N–H and O–H groups in total. The van der Waals surface area contributed by atoms with E-state index in [9.17, 15) is 9.59 Å². The van der Waals surface area contributed by atoms with Gasteiger partial charge in [-0.3, -0.25) is 14.7 Å². The van der Waals surface area contributed by atoms with E-state index < -0.39 is 0 Å². The van der Waals surface area contributed by atoms with E-state index in [0.717, 1.165) is 24.8 Å². The van der Waals surface area contributed by atoms with Crippen LogP contribution >= 0.6 is 11.8 Å². The number of hydrogen-bond donors (Lipinski definition) is 2. The molecule has 0 spiro atoms. The summed E-state index contributed by atoms with van der Waals surface area (Å²) in [7, 11) is 0. The lowest BCUT2D eigenvalue weighted by Gasteiger charge is -2.31. The summed E-state index contributed by atoms with van der Waals surface area (Å²) in [6.45, 7) is 3.20. The zero-order valence-electron chi connectivity index (χ0n) is 14.8. The molecule has 0 saturated carbocycles. The van der Waals surface area contributed by atoms with E-state index in [-0.39, 0.29) is 23.5 Å². The lowest BCUT2D eigenvalue weighted by Crippen LogP contribution is -2.44. The van der Waals surface area contributed by atoms with Crippen molar-refractivity contribution in [3.63, 3.8) is 0 Å². The van der Waals surface area contributed by atoms with Gasteiger partial charge in [-0.1, -0.05) is 43.0 Å². The van der Waals surface area contributed by atoms with E-state index in [1.807, 2.05) is 12.1 Å². The molecule has 3 rings (SSSR count). The van der Waals surface area contributed by atoms with Crippen molar-refractivity contribution in [2.24, 2.45) is 11.7 Å². The second-order valence-corrected chi connectivity index (χ2v) is 7.33. The van der Waals surface area contributed by atoms with Crippen molar-refractivity contribution >= 4 is 23.6 Å². The van der Waals surface area contributed by atoms with E-state index in [2.05, 4.69) is 34.2 Å². The molecule has 26 heavy (non-hydrogen) atoms. The summed E-state index contributed by atoms with van der Waals surface area (Å²) >= 11 is 1.29. The number of hydrogen-bond acceptors (Lipinski definition) is 5. The molecule has 2 amide bonds. The molecule has 7 nitrogen and oxygen atoms in total. The Labute approximate surface area is 156 Å². The fourth-order valence-corrected chi connectivity index (χ4v) is 3.69. The van der Waals surface area contributed by atoms with Gasteiger partial charge in [0.1, 0.15) is 0 Å². The number of benzene rings is 1. The number of carbonyl (C=O) groups excluding carboxylic acids is 2. The van der Waals surface area contributed by atoms with Gasteiger partial charge in [0, 0.05) is 18.7 Å². The van der Waals surface area contributed by atoms with Crippen LogP contribution in [0.2, 0.25) is 0 Å². The highest BCUT2D eigenvalue weighted by Gasteiger charge is 2.27. The largest absolute Gasteiger partial charge is 0.369 e. The third-order valence-corrected chi connectivity index (χ3v) is 5.43. The first-order valence-electron chi connectivity index (χ1n) is 8.78. The zero-order chi connectivity index (χ0) is 18.5. The van der Waals surface area contributed by atoms with Crippen molar-refractivity contribution in [1.82, 2.24) is 20.1 Å². The van der Waals surface area contributed by atoms with E-state index in [4.69, 9.17) is 5.73 Å². The zero-order valence-corrected chi connectivity index (χ0v) is 15.6. The number of likely N-dealkylation sites (tertiary alicyclic amines) is 1. The Bertz CT molecular complexity index is 774. The van der Waals surface area contributed by atoms with Crippen LogP contribution in [0.4, 0.5) is 0 Å². The quantitative estimate of drug-likeness (QED) is 0.752. The summed E-state index contributed by atoms with van der Waals surface area (Å²) < 4.78 is 0. The molecule has 1 fully saturated rings. The van der Waals surface area contributed by atoms with E-state index in [1.165, 1.54) is 17.3 Å². The molecule has 8 heteroatoms. The van der Waals surface area contributed by atoms with Crippen LogP contribution in [-0.4, -0.2) is 50.7 Å². The van der Waals surface area contributed by atoms with Gasteiger partial charge in [0.25, 0.3) is 0 Å². The van der Waals surface area contributed by atoms with Gasteiger partial charge < -0.3 is 10.6 Å². The molecular formula is C18H23N5O2S. The Balaban J connectivity index is 1.55. The van der Waals surface area contributed by atoms with Crippen LogP contribution in [-0.2, 0) is 16.0 Å². The van der Waals surface area contributed by atoms with Crippen LogP contribution in [0, 0.1) is 5.92 Å². The molecule has 2 heterocycles. The molecule has 138 valence electrons. The van der Waals surface area contributed by atoms with Crippen molar-refractivity contribution in [1.29, 1.82) is 0 Å². The van der Waals surface area contributed by atoms with Gasteiger partial charge in [0.2, 0.25) is 17.0 Å². The van der Waals surface area contributed by atoms with E-state index in [0.29, 0.717) is 24.1 Å². The van der Waals surface area contributed by atoms with Gasteiger partial charge in [-0.2, -0.15) is 0 Å². The number of thioether (sulfide) groups is 1. The molecule has 0 radical (unpaired) electrons. The number of aromatic amines is 1. The highest BCUT2D eigenvalue weighted by Crippen LogP contribution is 2.22. The van der Waals surface area contributed by atoms with Gasteiger partial charge in [-0.15, -0.1) is 5.10 Å². The Morgan fingerprint density at radius 3 is 2.81 bits per heavy atom. The molecule has 1 aliphatic rings. The number of nitrogens with zero attached hydrogens (tertiary/aromatic N) is 3. The summed E-state index contributed by atoms with van der Waals surface area (Å²) in [5, 5.41) is 7.63.